The summed E-state index contributed by atoms with van der Waals surface area (Å²) in [6.45, 7) is 7.50. The molecular weight excluding hydrogens is 246 g/mol. The van der Waals surface area contributed by atoms with Crippen molar-refractivity contribution in [2.75, 3.05) is 6.54 Å². The highest BCUT2D eigenvalue weighted by molar-refractivity contribution is 5.65. The molecule has 3 rings (SSSR count). The fraction of sp³-hybridized carbons (Fsp3) is 0.471. The zero-order valence-electron chi connectivity index (χ0n) is 12.6. The van der Waals surface area contributed by atoms with Crippen LogP contribution in [0.25, 0.3) is 11.3 Å². The Morgan fingerprint density at radius 3 is 2.65 bits per heavy atom. The predicted octanol–water partition coefficient (Wildman–Crippen LogP) is 3.30. The third kappa shape index (κ3) is 2.93. The minimum atomic E-state index is 0.770. The molecule has 0 saturated heterocycles. The number of nitrogens with zero attached hydrogens (tertiary/aromatic N) is 1. The quantitative estimate of drug-likeness (QED) is 0.874. The monoisotopic (exact) mass is 269 g/mol. The molecule has 1 fully saturated rings. The van der Waals surface area contributed by atoms with Crippen LogP contribution in [0.3, 0.4) is 0 Å². The van der Waals surface area contributed by atoms with Crippen LogP contribution in [0.15, 0.2) is 18.3 Å². The summed E-state index contributed by atoms with van der Waals surface area (Å²) < 4.78 is 0. The van der Waals surface area contributed by atoms with Crippen LogP contribution in [0, 0.1) is 20.8 Å². The van der Waals surface area contributed by atoms with Gasteiger partial charge in [0.15, 0.2) is 0 Å². The van der Waals surface area contributed by atoms with E-state index in [4.69, 9.17) is 0 Å². The molecule has 2 N–H and O–H groups in total. The van der Waals surface area contributed by atoms with Gasteiger partial charge in [0.25, 0.3) is 0 Å². The van der Waals surface area contributed by atoms with Crippen molar-refractivity contribution < 1.29 is 0 Å². The standard InChI is InChI=1S/C17H23N3/c1-11-8-13(3)15(9-12(11)2)16-10-19-17(20-16)6-7-18-14-4-5-14/h8-10,14,18H,4-7H2,1-3H3,(H,19,20). The van der Waals surface area contributed by atoms with Crippen molar-refractivity contribution in [2.45, 2.75) is 46.1 Å². The van der Waals surface area contributed by atoms with Gasteiger partial charge < -0.3 is 10.3 Å². The van der Waals surface area contributed by atoms with Gasteiger partial charge in [-0.25, -0.2) is 4.98 Å². The van der Waals surface area contributed by atoms with Gasteiger partial charge in [-0.05, 0) is 56.4 Å². The summed E-state index contributed by atoms with van der Waals surface area (Å²) in [5.74, 6) is 1.07. The van der Waals surface area contributed by atoms with Crippen LogP contribution < -0.4 is 5.32 Å². The second-order valence-corrected chi connectivity index (χ2v) is 5.97. The van der Waals surface area contributed by atoms with Crippen LogP contribution >= 0.6 is 0 Å². The lowest BCUT2D eigenvalue weighted by Crippen LogP contribution is -2.19. The van der Waals surface area contributed by atoms with E-state index in [1.54, 1.807) is 0 Å². The summed E-state index contributed by atoms with van der Waals surface area (Å²) in [6.07, 6.45) is 5.61. The van der Waals surface area contributed by atoms with E-state index in [2.05, 4.69) is 48.2 Å². The van der Waals surface area contributed by atoms with Crippen molar-refractivity contribution in [3.8, 4) is 11.3 Å². The van der Waals surface area contributed by atoms with Gasteiger partial charge in [0.05, 0.1) is 11.9 Å². The van der Waals surface area contributed by atoms with E-state index in [-0.39, 0.29) is 0 Å². The van der Waals surface area contributed by atoms with Crippen LogP contribution in [0.1, 0.15) is 35.4 Å². The SMILES string of the molecule is Cc1cc(C)c(-c2cnc(CCNC3CC3)[nH]2)cc1C. The lowest BCUT2D eigenvalue weighted by molar-refractivity contribution is 0.669. The maximum Gasteiger partial charge on any atom is 0.107 e. The minimum absolute atomic E-state index is 0.770. The zero-order chi connectivity index (χ0) is 14.1. The van der Waals surface area contributed by atoms with Crippen LogP contribution in [-0.2, 0) is 6.42 Å². The molecule has 0 spiro atoms. The van der Waals surface area contributed by atoms with Crippen LogP contribution in [0.4, 0.5) is 0 Å². The largest absolute Gasteiger partial charge is 0.342 e. The summed E-state index contributed by atoms with van der Waals surface area (Å²) in [4.78, 5) is 7.97. The van der Waals surface area contributed by atoms with E-state index in [9.17, 15) is 0 Å². The van der Waals surface area contributed by atoms with Crippen LogP contribution in [0.5, 0.6) is 0 Å². The maximum absolute atomic E-state index is 4.51. The average Bonchev–Trinajstić information content (AvgIpc) is 3.11. The van der Waals surface area contributed by atoms with Gasteiger partial charge in [-0.1, -0.05) is 6.07 Å². The van der Waals surface area contributed by atoms with Gasteiger partial charge in [0, 0.05) is 24.6 Å². The fourth-order valence-electron chi connectivity index (χ4n) is 2.56. The number of hydrogen-bond donors (Lipinski definition) is 2. The van der Waals surface area contributed by atoms with Crippen molar-refractivity contribution in [2.24, 2.45) is 0 Å². The maximum atomic E-state index is 4.51. The Morgan fingerprint density at radius 1 is 1.15 bits per heavy atom. The molecule has 20 heavy (non-hydrogen) atoms. The summed E-state index contributed by atoms with van der Waals surface area (Å²) >= 11 is 0. The van der Waals surface area contributed by atoms with E-state index in [0.717, 1.165) is 30.5 Å². The van der Waals surface area contributed by atoms with Crippen molar-refractivity contribution in [3.63, 3.8) is 0 Å². The van der Waals surface area contributed by atoms with E-state index in [1.165, 1.54) is 35.1 Å². The van der Waals surface area contributed by atoms with Gasteiger partial charge in [-0.3, -0.25) is 0 Å². The Kier molecular flexibility index (Phi) is 3.62. The molecule has 0 bridgehead atoms. The molecule has 3 heteroatoms. The zero-order valence-corrected chi connectivity index (χ0v) is 12.6. The third-order valence-electron chi connectivity index (χ3n) is 4.13. The van der Waals surface area contributed by atoms with E-state index in [0.29, 0.717) is 0 Å². The Balaban J connectivity index is 1.73. The Bertz CT molecular complexity index is 609. The number of aromatic amines is 1. The molecule has 0 unspecified atom stereocenters. The molecular formula is C17H23N3. The number of nitrogens with one attached hydrogen (secondary N) is 2. The van der Waals surface area contributed by atoms with Gasteiger partial charge in [-0.15, -0.1) is 0 Å². The molecule has 0 aliphatic heterocycles. The summed E-state index contributed by atoms with van der Waals surface area (Å²) in [5, 5.41) is 3.52. The number of aryl methyl sites for hydroxylation is 3. The first-order chi connectivity index (χ1) is 9.63. The van der Waals surface area contributed by atoms with Crippen LogP contribution in [0.2, 0.25) is 0 Å². The second-order valence-electron chi connectivity index (χ2n) is 5.97. The molecule has 106 valence electrons. The third-order valence-corrected chi connectivity index (χ3v) is 4.13. The normalized spacial score (nSPS) is 14.8. The number of aromatic nitrogens is 2. The molecule has 1 heterocycles. The molecule has 1 aromatic heterocycles. The molecule has 1 aliphatic carbocycles. The van der Waals surface area contributed by atoms with Gasteiger partial charge in [-0.2, -0.15) is 0 Å². The summed E-state index contributed by atoms with van der Waals surface area (Å²) in [5.41, 5.74) is 6.38. The number of benzene rings is 1. The Morgan fingerprint density at radius 2 is 1.90 bits per heavy atom. The number of hydrogen-bond acceptors (Lipinski definition) is 2. The Hall–Kier alpha value is -1.61. The highest BCUT2D eigenvalue weighted by Crippen LogP contribution is 2.25. The number of rotatable bonds is 5. The van der Waals surface area contributed by atoms with E-state index < -0.39 is 0 Å². The molecule has 1 aliphatic rings. The van der Waals surface area contributed by atoms with E-state index in [1.807, 2.05) is 6.20 Å². The molecule has 0 radical (unpaired) electrons. The fourth-order valence-corrected chi connectivity index (χ4v) is 2.56. The summed E-state index contributed by atoms with van der Waals surface area (Å²) in [6, 6.07) is 5.27. The smallest absolute Gasteiger partial charge is 0.107 e. The molecule has 1 saturated carbocycles. The first kappa shape index (κ1) is 13.4. The average molecular weight is 269 g/mol. The minimum Gasteiger partial charge on any atom is -0.342 e. The van der Waals surface area contributed by atoms with Gasteiger partial charge in [0.1, 0.15) is 5.82 Å². The number of imidazole rings is 1. The second kappa shape index (κ2) is 5.41. The summed E-state index contributed by atoms with van der Waals surface area (Å²) in [7, 11) is 0. The van der Waals surface area contributed by atoms with Crippen LogP contribution in [-0.4, -0.2) is 22.6 Å². The molecule has 1 aromatic carbocycles. The van der Waals surface area contributed by atoms with Crippen molar-refractivity contribution in [1.82, 2.24) is 15.3 Å². The van der Waals surface area contributed by atoms with Crippen molar-refractivity contribution >= 4 is 0 Å². The number of H-pyrrole nitrogens is 1. The Labute approximate surface area is 120 Å². The molecule has 2 aromatic rings. The van der Waals surface area contributed by atoms with Crippen molar-refractivity contribution in [3.05, 3.63) is 40.8 Å². The van der Waals surface area contributed by atoms with E-state index >= 15 is 0 Å². The highest BCUT2D eigenvalue weighted by atomic mass is 15.0. The molecule has 0 atom stereocenters. The first-order valence-corrected chi connectivity index (χ1v) is 7.49. The molecule has 3 nitrogen and oxygen atoms in total. The van der Waals surface area contributed by atoms with Crippen molar-refractivity contribution in [1.29, 1.82) is 0 Å². The first-order valence-electron chi connectivity index (χ1n) is 7.49. The topological polar surface area (TPSA) is 40.7 Å². The highest BCUT2D eigenvalue weighted by Gasteiger charge is 2.19. The van der Waals surface area contributed by atoms with Gasteiger partial charge in [0.2, 0.25) is 0 Å². The lowest BCUT2D eigenvalue weighted by Gasteiger charge is -2.08. The lowest BCUT2D eigenvalue weighted by atomic mass is 9.99. The molecule has 0 amide bonds. The predicted molar refractivity (Wildman–Crippen MR) is 83.0 cm³/mol. The van der Waals surface area contributed by atoms with Gasteiger partial charge >= 0.3 is 0 Å².